The molecule has 0 unspecified atom stereocenters. The molecule has 7 heteroatoms. The van der Waals surface area contributed by atoms with Crippen molar-refractivity contribution in [1.29, 1.82) is 0 Å². The Kier molecular flexibility index (Phi) is 6.89. The van der Waals surface area contributed by atoms with E-state index in [-0.39, 0.29) is 36.3 Å². The predicted octanol–water partition coefficient (Wildman–Crippen LogP) is 1.99. The maximum atomic E-state index is 13.3. The summed E-state index contributed by atoms with van der Waals surface area (Å²) < 4.78 is 0. The van der Waals surface area contributed by atoms with Gasteiger partial charge in [0.1, 0.15) is 5.54 Å². The van der Waals surface area contributed by atoms with Gasteiger partial charge in [-0.15, -0.1) is 12.4 Å². The fourth-order valence-corrected chi connectivity index (χ4v) is 4.14. The van der Waals surface area contributed by atoms with Crippen LogP contribution in [0, 0.1) is 0 Å². The van der Waals surface area contributed by atoms with Crippen molar-refractivity contribution in [3.63, 3.8) is 0 Å². The maximum absolute atomic E-state index is 13.3. The van der Waals surface area contributed by atoms with Crippen LogP contribution in [0.25, 0.3) is 0 Å². The molecule has 0 radical (unpaired) electrons. The molecule has 0 aromatic heterocycles. The molecule has 3 rings (SSSR count). The van der Waals surface area contributed by atoms with E-state index in [4.69, 9.17) is 5.73 Å². The summed E-state index contributed by atoms with van der Waals surface area (Å²) in [5.74, 6) is 0.165. The van der Waals surface area contributed by atoms with E-state index in [0.717, 1.165) is 12.8 Å². The van der Waals surface area contributed by atoms with Crippen molar-refractivity contribution in [2.24, 2.45) is 5.73 Å². The first-order chi connectivity index (χ1) is 12.1. The highest BCUT2D eigenvalue weighted by molar-refractivity contribution is 5.91. The van der Waals surface area contributed by atoms with Crippen LogP contribution in [0.2, 0.25) is 0 Å². The molecular weight excluding hydrogens is 352 g/mol. The summed E-state index contributed by atoms with van der Waals surface area (Å²) in [4.78, 5) is 27.2. The third-order valence-corrected chi connectivity index (χ3v) is 5.44. The minimum absolute atomic E-state index is 0. The number of halogens is 1. The average molecular weight is 381 g/mol. The monoisotopic (exact) mass is 380 g/mol. The lowest BCUT2D eigenvalue weighted by Crippen LogP contribution is -2.59. The van der Waals surface area contributed by atoms with Crippen molar-refractivity contribution >= 4 is 24.3 Å². The summed E-state index contributed by atoms with van der Waals surface area (Å²) >= 11 is 0. The zero-order valence-corrected chi connectivity index (χ0v) is 16.1. The van der Waals surface area contributed by atoms with Crippen LogP contribution in [0.1, 0.15) is 44.1 Å². The van der Waals surface area contributed by atoms with Crippen molar-refractivity contribution in [3.8, 4) is 0 Å². The van der Waals surface area contributed by atoms with E-state index in [9.17, 15) is 9.59 Å². The molecule has 1 aliphatic heterocycles. The van der Waals surface area contributed by atoms with Gasteiger partial charge in [0.15, 0.2) is 0 Å². The maximum Gasteiger partial charge on any atom is 0.315 e. The number of urea groups is 1. The molecule has 6 nitrogen and oxygen atoms in total. The molecule has 26 heavy (non-hydrogen) atoms. The number of amides is 3. The van der Waals surface area contributed by atoms with Gasteiger partial charge in [-0.05, 0) is 25.3 Å². The van der Waals surface area contributed by atoms with Crippen LogP contribution in [0.15, 0.2) is 30.3 Å². The Morgan fingerprint density at radius 3 is 2.46 bits per heavy atom. The van der Waals surface area contributed by atoms with Crippen molar-refractivity contribution in [1.82, 2.24) is 15.5 Å². The summed E-state index contributed by atoms with van der Waals surface area (Å²) in [6.45, 7) is 3.56. The summed E-state index contributed by atoms with van der Waals surface area (Å²) in [5.41, 5.74) is 6.73. The van der Waals surface area contributed by atoms with E-state index >= 15 is 0 Å². The Labute approximate surface area is 161 Å². The van der Waals surface area contributed by atoms with Gasteiger partial charge in [-0.1, -0.05) is 43.2 Å². The second kappa shape index (κ2) is 8.73. The Bertz CT molecular complexity index is 619. The molecule has 144 valence electrons. The van der Waals surface area contributed by atoms with Crippen molar-refractivity contribution < 1.29 is 9.59 Å². The largest absolute Gasteiger partial charge is 0.338 e. The lowest BCUT2D eigenvalue weighted by Gasteiger charge is -2.33. The molecule has 2 fully saturated rings. The van der Waals surface area contributed by atoms with E-state index in [0.29, 0.717) is 32.5 Å². The average Bonchev–Trinajstić information content (AvgIpc) is 3.23. The van der Waals surface area contributed by atoms with Crippen molar-refractivity contribution in [2.75, 3.05) is 19.6 Å². The van der Waals surface area contributed by atoms with Gasteiger partial charge in [-0.2, -0.15) is 0 Å². The van der Waals surface area contributed by atoms with E-state index in [2.05, 4.69) is 22.8 Å². The Morgan fingerprint density at radius 2 is 1.85 bits per heavy atom. The minimum Gasteiger partial charge on any atom is -0.338 e. The topological polar surface area (TPSA) is 87.5 Å². The first-order valence-corrected chi connectivity index (χ1v) is 9.21. The van der Waals surface area contributed by atoms with Gasteiger partial charge in [0.2, 0.25) is 5.91 Å². The number of hydrogen-bond acceptors (Lipinski definition) is 3. The van der Waals surface area contributed by atoms with Crippen LogP contribution in [-0.4, -0.2) is 48.1 Å². The Hall–Kier alpha value is -1.79. The predicted molar refractivity (Wildman–Crippen MR) is 104 cm³/mol. The van der Waals surface area contributed by atoms with Gasteiger partial charge in [-0.3, -0.25) is 4.79 Å². The molecular formula is C19H29ClN4O2. The van der Waals surface area contributed by atoms with Gasteiger partial charge in [0.25, 0.3) is 0 Å². The standard InChI is InChI=1S/C19H28N4O2.ClH/c1-2-21-18(25)22-19(10-6-7-11-19)17(24)23-12-15(16(20)13-23)14-8-4-3-5-9-14;/h3-5,8-9,15-16H,2,6-7,10-13,20H2,1H3,(H2,21,22,25);1H/t15-,16+;/m0./s1. The van der Waals surface area contributed by atoms with Gasteiger partial charge < -0.3 is 21.3 Å². The third kappa shape index (κ3) is 4.13. The molecule has 1 heterocycles. The normalized spacial score (nSPS) is 24.0. The molecule has 1 aromatic rings. The van der Waals surface area contributed by atoms with Gasteiger partial charge in [0.05, 0.1) is 0 Å². The number of carbonyl (C=O) groups is 2. The van der Waals surface area contributed by atoms with E-state index in [1.165, 1.54) is 5.56 Å². The van der Waals surface area contributed by atoms with Gasteiger partial charge in [-0.25, -0.2) is 4.79 Å². The third-order valence-electron chi connectivity index (χ3n) is 5.44. The molecule has 2 atom stereocenters. The van der Waals surface area contributed by atoms with Crippen LogP contribution in [-0.2, 0) is 4.79 Å². The highest BCUT2D eigenvalue weighted by Crippen LogP contribution is 2.34. The summed E-state index contributed by atoms with van der Waals surface area (Å²) in [5, 5.41) is 5.70. The quantitative estimate of drug-likeness (QED) is 0.746. The summed E-state index contributed by atoms with van der Waals surface area (Å²) in [7, 11) is 0. The number of hydrogen-bond donors (Lipinski definition) is 3. The molecule has 3 amide bonds. The SMILES string of the molecule is CCNC(=O)NC1(C(=O)N2C[C@@H](N)[C@H](c3ccccc3)C2)CCCC1.Cl. The smallest absolute Gasteiger partial charge is 0.315 e. The number of nitrogens with one attached hydrogen (secondary N) is 2. The zero-order valence-electron chi connectivity index (χ0n) is 15.2. The molecule has 1 saturated carbocycles. The zero-order chi connectivity index (χ0) is 17.9. The van der Waals surface area contributed by atoms with Crippen LogP contribution >= 0.6 is 12.4 Å². The van der Waals surface area contributed by atoms with Gasteiger partial charge in [0, 0.05) is 31.6 Å². The van der Waals surface area contributed by atoms with Crippen molar-refractivity contribution in [3.05, 3.63) is 35.9 Å². The molecule has 0 bridgehead atoms. The van der Waals surface area contributed by atoms with Crippen LogP contribution < -0.4 is 16.4 Å². The lowest BCUT2D eigenvalue weighted by molar-refractivity contribution is -0.136. The summed E-state index contributed by atoms with van der Waals surface area (Å²) in [6.07, 6.45) is 3.32. The molecule has 1 aliphatic carbocycles. The number of carbonyl (C=O) groups excluding carboxylic acids is 2. The van der Waals surface area contributed by atoms with E-state index < -0.39 is 5.54 Å². The van der Waals surface area contributed by atoms with E-state index in [1.807, 2.05) is 30.0 Å². The minimum atomic E-state index is -0.773. The fraction of sp³-hybridized carbons (Fsp3) is 0.579. The molecule has 0 spiro atoms. The molecule has 1 saturated heterocycles. The first-order valence-electron chi connectivity index (χ1n) is 9.21. The Morgan fingerprint density at radius 1 is 1.19 bits per heavy atom. The van der Waals surface area contributed by atoms with Crippen molar-refractivity contribution in [2.45, 2.75) is 50.1 Å². The highest BCUT2D eigenvalue weighted by Gasteiger charge is 2.47. The Balaban J connectivity index is 0.00000243. The fourth-order valence-electron chi connectivity index (χ4n) is 4.14. The van der Waals surface area contributed by atoms with E-state index in [1.54, 1.807) is 0 Å². The van der Waals surface area contributed by atoms with Crippen LogP contribution in [0.3, 0.4) is 0 Å². The number of nitrogens with two attached hydrogens (primary N) is 1. The summed E-state index contributed by atoms with van der Waals surface area (Å²) in [6, 6.07) is 9.78. The number of nitrogens with zero attached hydrogens (tertiary/aromatic N) is 1. The van der Waals surface area contributed by atoms with Gasteiger partial charge >= 0.3 is 6.03 Å². The number of likely N-dealkylation sites (tertiary alicyclic amines) is 1. The lowest BCUT2D eigenvalue weighted by atomic mass is 9.94. The second-order valence-corrected chi connectivity index (χ2v) is 7.16. The molecule has 1 aromatic carbocycles. The number of benzene rings is 1. The highest BCUT2D eigenvalue weighted by atomic mass is 35.5. The van der Waals surface area contributed by atoms with Crippen LogP contribution in [0.5, 0.6) is 0 Å². The second-order valence-electron chi connectivity index (χ2n) is 7.16. The molecule has 2 aliphatic rings. The number of rotatable bonds is 4. The first kappa shape index (κ1) is 20.5. The molecule has 4 N–H and O–H groups in total. The van der Waals surface area contributed by atoms with Crippen LogP contribution in [0.4, 0.5) is 4.79 Å².